The van der Waals surface area contributed by atoms with Gasteiger partial charge in [-0.2, -0.15) is 0 Å². The number of amidine groups is 1. The number of fused-ring (bicyclic) bond motifs is 1. The Morgan fingerprint density at radius 1 is 1.06 bits per heavy atom. The van der Waals surface area contributed by atoms with E-state index in [1.807, 2.05) is 53.4 Å². The van der Waals surface area contributed by atoms with Gasteiger partial charge in [0, 0.05) is 26.0 Å². The van der Waals surface area contributed by atoms with Gasteiger partial charge in [-0.25, -0.2) is 0 Å². The summed E-state index contributed by atoms with van der Waals surface area (Å²) in [6.07, 6.45) is 9.28. The normalized spacial score (nSPS) is 24.2. The first-order valence-corrected chi connectivity index (χ1v) is 13.3. The largest absolute Gasteiger partial charge is 0.330 e. The molecule has 2 fully saturated rings. The zero-order valence-electron chi connectivity index (χ0n) is 19.9. The molecule has 1 saturated heterocycles. The SMILES string of the molecule is CN1C(=O)C2CCCCC2N=C1SCC(=O)N1CCC[C@H]1C(=O)Nc1ccccc1-n1cccc1. The molecule has 2 unspecified atom stereocenters. The summed E-state index contributed by atoms with van der Waals surface area (Å²) >= 11 is 1.31. The lowest BCUT2D eigenvalue weighted by Gasteiger charge is -2.36. The number of nitrogens with zero attached hydrogens (tertiary/aromatic N) is 4. The Balaban J connectivity index is 1.23. The van der Waals surface area contributed by atoms with Crippen LogP contribution in [-0.4, -0.2) is 68.7 Å². The molecular formula is C26H31N5O3S. The van der Waals surface area contributed by atoms with Crippen LogP contribution < -0.4 is 5.32 Å². The fourth-order valence-corrected chi connectivity index (χ4v) is 6.23. The van der Waals surface area contributed by atoms with Gasteiger partial charge >= 0.3 is 0 Å². The van der Waals surface area contributed by atoms with Crippen molar-refractivity contribution in [1.82, 2.24) is 14.4 Å². The molecule has 3 amide bonds. The predicted molar refractivity (Wildman–Crippen MR) is 138 cm³/mol. The van der Waals surface area contributed by atoms with Gasteiger partial charge in [0.15, 0.2) is 5.17 Å². The van der Waals surface area contributed by atoms with Crippen molar-refractivity contribution in [3.8, 4) is 5.69 Å². The topological polar surface area (TPSA) is 87.0 Å². The molecule has 1 aromatic heterocycles. The first-order chi connectivity index (χ1) is 17.0. The number of para-hydroxylation sites is 2. The molecule has 8 nitrogen and oxygen atoms in total. The number of hydrogen-bond acceptors (Lipinski definition) is 5. The minimum absolute atomic E-state index is 0.0186. The maximum absolute atomic E-state index is 13.2. The van der Waals surface area contributed by atoms with Crippen molar-refractivity contribution < 1.29 is 14.4 Å². The van der Waals surface area contributed by atoms with Crippen LogP contribution in [0.4, 0.5) is 5.69 Å². The van der Waals surface area contributed by atoms with E-state index in [1.165, 1.54) is 11.8 Å². The number of carbonyl (C=O) groups is 3. The Hall–Kier alpha value is -3.07. The van der Waals surface area contributed by atoms with Crippen molar-refractivity contribution in [2.75, 3.05) is 24.7 Å². The van der Waals surface area contributed by atoms with E-state index in [-0.39, 0.29) is 35.4 Å². The number of likely N-dealkylation sites (tertiary alicyclic amines) is 1. The molecule has 5 rings (SSSR count). The van der Waals surface area contributed by atoms with Crippen LogP contribution >= 0.6 is 11.8 Å². The number of benzene rings is 1. The molecule has 9 heteroatoms. The van der Waals surface area contributed by atoms with Gasteiger partial charge < -0.3 is 14.8 Å². The summed E-state index contributed by atoms with van der Waals surface area (Å²) in [7, 11) is 1.75. The van der Waals surface area contributed by atoms with Crippen molar-refractivity contribution in [3.05, 3.63) is 48.8 Å². The van der Waals surface area contributed by atoms with Crippen molar-refractivity contribution in [2.45, 2.75) is 50.6 Å². The van der Waals surface area contributed by atoms with Gasteiger partial charge in [0.2, 0.25) is 17.7 Å². The average molecular weight is 494 g/mol. The van der Waals surface area contributed by atoms with Gasteiger partial charge in [-0.1, -0.05) is 36.7 Å². The van der Waals surface area contributed by atoms with E-state index < -0.39 is 6.04 Å². The molecule has 1 aliphatic carbocycles. The zero-order valence-corrected chi connectivity index (χ0v) is 20.7. The maximum Gasteiger partial charge on any atom is 0.247 e. The molecule has 1 saturated carbocycles. The number of rotatable bonds is 5. The highest BCUT2D eigenvalue weighted by Crippen LogP contribution is 2.33. The highest BCUT2D eigenvalue weighted by molar-refractivity contribution is 8.14. The van der Waals surface area contributed by atoms with Crippen molar-refractivity contribution in [1.29, 1.82) is 0 Å². The fraction of sp³-hybridized carbons (Fsp3) is 0.462. The number of amides is 3. The quantitative estimate of drug-likeness (QED) is 0.690. The third-order valence-corrected chi connectivity index (χ3v) is 8.21. The Morgan fingerprint density at radius 3 is 2.66 bits per heavy atom. The highest BCUT2D eigenvalue weighted by atomic mass is 32.2. The van der Waals surface area contributed by atoms with Gasteiger partial charge in [0.25, 0.3) is 0 Å². The third-order valence-electron chi connectivity index (χ3n) is 7.19. The van der Waals surface area contributed by atoms with Crippen LogP contribution in [-0.2, 0) is 14.4 Å². The molecule has 184 valence electrons. The summed E-state index contributed by atoms with van der Waals surface area (Å²) in [5.41, 5.74) is 1.59. The lowest BCUT2D eigenvalue weighted by atomic mass is 9.83. The van der Waals surface area contributed by atoms with Crippen molar-refractivity contribution in [3.63, 3.8) is 0 Å². The Labute approximate surface area is 209 Å². The minimum atomic E-state index is -0.504. The van der Waals surface area contributed by atoms with Crippen molar-refractivity contribution >= 4 is 40.3 Å². The molecule has 2 aliphatic heterocycles. The Morgan fingerprint density at radius 2 is 1.83 bits per heavy atom. The van der Waals surface area contributed by atoms with Crippen LogP contribution in [0.15, 0.2) is 53.8 Å². The lowest BCUT2D eigenvalue weighted by Crippen LogP contribution is -2.48. The van der Waals surface area contributed by atoms with Crippen LogP contribution in [0.3, 0.4) is 0 Å². The van der Waals surface area contributed by atoms with Gasteiger partial charge in [0.1, 0.15) is 6.04 Å². The third kappa shape index (κ3) is 4.87. The number of thioether (sulfide) groups is 1. The number of aliphatic imine (C=N–C) groups is 1. The lowest BCUT2D eigenvalue weighted by molar-refractivity contribution is -0.134. The summed E-state index contributed by atoms with van der Waals surface area (Å²) in [5, 5.41) is 3.66. The number of hydrogen-bond donors (Lipinski definition) is 1. The molecule has 0 bridgehead atoms. The summed E-state index contributed by atoms with van der Waals surface area (Å²) < 4.78 is 1.95. The second-order valence-electron chi connectivity index (χ2n) is 9.40. The van der Waals surface area contributed by atoms with E-state index >= 15 is 0 Å². The van der Waals surface area contributed by atoms with Crippen LogP contribution in [0, 0.1) is 5.92 Å². The first kappa shape index (κ1) is 23.7. The molecule has 0 radical (unpaired) electrons. The van der Waals surface area contributed by atoms with E-state index in [9.17, 15) is 14.4 Å². The fourth-order valence-electron chi connectivity index (χ4n) is 5.32. The Bertz CT molecular complexity index is 1130. The molecule has 1 N–H and O–H groups in total. The molecule has 3 heterocycles. The number of nitrogens with one attached hydrogen (secondary N) is 1. The number of aromatic nitrogens is 1. The van der Waals surface area contributed by atoms with Crippen molar-refractivity contribution in [2.24, 2.45) is 10.9 Å². The summed E-state index contributed by atoms with van der Waals surface area (Å²) in [6, 6.07) is 11.0. The number of carbonyl (C=O) groups excluding carboxylic acids is 3. The monoisotopic (exact) mass is 493 g/mol. The van der Waals surface area contributed by atoms with Crippen LogP contribution in [0.2, 0.25) is 0 Å². The van der Waals surface area contributed by atoms with Crippen LogP contribution in [0.5, 0.6) is 0 Å². The van der Waals surface area contributed by atoms with Crippen LogP contribution in [0.1, 0.15) is 38.5 Å². The molecule has 0 spiro atoms. The zero-order chi connectivity index (χ0) is 24.4. The molecule has 3 aliphatic rings. The van der Waals surface area contributed by atoms with Gasteiger partial charge in [-0.3, -0.25) is 24.3 Å². The van der Waals surface area contributed by atoms with E-state index in [1.54, 1.807) is 16.8 Å². The van der Waals surface area contributed by atoms with Gasteiger partial charge in [-0.05, 0) is 49.9 Å². The van der Waals surface area contributed by atoms with E-state index in [0.29, 0.717) is 23.8 Å². The summed E-state index contributed by atoms with van der Waals surface area (Å²) in [5.74, 6) is -0.0137. The highest BCUT2D eigenvalue weighted by Gasteiger charge is 2.39. The van der Waals surface area contributed by atoms with Gasteiger partial charge in [-0.15, -0.1) is 0 Å². The predicted octanol–water partition coefficient (Wildman–Crippen LogP) is 3.53. The standard InChI is InChI=1S/C26H31N5O3S/c1-29-25(34)18-9-2-3-10-19(18)28-26(29)35-17-23(32)31-16-8-13-22(31)24(33)27-20-11-4-5-12-21(20)30-14-6-7-15-30/h4-7,11-12,14-15,18-19,22H,2-3,8-10,13,16-17H2,1H3,(H,27,33)/t18?,19?,22-/m0/s1. The molecule has 2 aromatic rings. The maximum atomic E-state index is 13.2. The minimum Gasteiger partial charge on any atom is -0.330 e. The second-order valence-corrected chi connectivity index (χ2v) is 10.3. The number of anilines is 1. The molecule has 35 heavy (non-hydrogen) atoms. The van der Waals surface area contributed by atoms with E-state index in [0.717, 1.165) is 37.8 Å². The summed E-state index contributed by atoms with van der Waals surface area (Å²) in [6.45, 7) is 0.558. The van der Waals surface area contributed by atoms with Crippen LogP contribution in [0.25, 0.3) is 5.69 Å². The van der Waals surface area contributed by atoms with E-state index in [4.69, 9.17) is 4.99 Å². The summed E-state index contributed by atoms with van der Waals surface area (Å²) in [4.78, 5) is 47.2. The average Bonchev–Trinajstić information content (AvgIpc) is 3.58. The second kappa shape index (κ2) is 10.3. The molecule has 1 aromatic carbocycles. The van der Waals surface area contributed by atoms with Gasteiger partial charge in [0.05, 0.1) is 29.1 Å². The first-order valence-electron chi connectivity index (χ1n) is 12.3. The van der Waals surface area contributed by atoms with E-state index in [2.05, 4.69) is 5.32 Å². The smallest absolute Gasteiger partial charge is 0.247 e. The molecule has 3 atom stereocenters. The molecular weight excluding hydrogens is 462 g/mol. The Kier molecular flexibility index (Phi) is 6.95.